The standard InChI is InChI=1S/C31H24F2I2O5/c1-38-30(37)31(14-15-36,26-16-24(10-12-28(26)34)39-18-20-2-6-22(32)7-3-20)27-17-25(11-13-29(27)35)40-19-21-4-8-23(33)9-5-21/h2-13,15-17H,14,18-19H2,1H3. The van der Waals surface area contributed by atoms with E-state index in [2.05, 4.69) is 45.2 Å². The van der Waals surface area contributed by atoms with Crippen LogP contribution in [0.5, 0.6) is 11.5 Å². The Morgan fingerprint density at radius 1 is 0.750 bits per heavy atom. The molecule has 0 heterocycles. The average Bonchev–Trinajstić information content (AvgIpc) is 2.96. The van der Waals surface area contributed by atoms with Crippen LogP contribution in [0.25, 0.3) is 0 Å². The highest BCUT2D eigenvalue weighted by Crippen LogP contribution is 2.43. The van der Waals surface area contributed by atoms with E-state index < -0.39 is 11.4 Å². The van der Waals surface area contributed by atoms with Gasteiger partial charge in [0.25, 0.3) is 0 Å². The molecule has 0 N–H and O–H groups in total. The Hall–Kier alpha value is -3.06. The Balaban J connectivity index is 1.74. The van der Waals surface area contributed by atoms with Gasteiger partial charge in [0.15, 0.2) is 0 Å². The van der Waals surface area contributed by atoms with Crippen LogP contribution in [-0.4, -0.2) is 19.4 Å². The van der Waals surface area contributed by atoms with Crippen LogP contribution in [0.4, 0.5) is 8.78 Å². The largest absolute Gasteiger partial charge is 0.489 e. The molecule has 0 spiro atoms. The molecule has 0 aromatic heterocycles. The van der Waals surface area contributed by atoms with E-state index in [1.807, 2.05) is 0 Å². The van der Waals surface area contributed by atoms with Gasteiger partial charge in [-0.1, -0.05) is 24.3 Å². The second kappa shape index (κ2) is 13.5. The summed E-state index contributed by atoms with van der Waals surface area (Å²) in [5.41, 5.74) is 1.13. The van der Waals surface area contributed by atoms with Gasteiger partial charge in [-0.25, -0.2) is 8.78 Å². The summed E-state index contributed by atoms with van der Waals surface area (Å²) in [5.74, 6) is -0.344. The van der Waals surface area contributed by atoms with Crippen molar-refractivity contribution in [2.45, 2.75) is 25.0 Å². The Bertz CT molecular complexity index is 1390. The predicted molar refractivity (Wildman–Crippen MR) is 163 cm³/mol. The third-order valence-electron chi connectivity index (χ3n) is 6.36. The first kappa shape index (κ1) is 29.9. The molecule has 206 valence electrons. The minimum Gasteiger partial charge on any atom is -0.489 e. The zero-order chi connectivity index (χ0) is 28.7. The fourth-order valence-electron chi connectivity index (χ4n) is 4.30. The number of esters is 1. The molecule has 0 aliphatic rings. The van der Waals surface area contributed by atoms with Crippen molar-refractivity contribution >= 4 is 57.4 Å². The topological polar surface area (TPSA) is 61.8 Å². The van der Waals surface area contributed by atoms with Gasteiger partial charge in [0.2, 0.25) is 0 Å². The molecule has 0 unspecified atom stereocenters. The van der Waals surface area contributed by atoms with Crippen molar-refractivity contribution in [2.75, 3.05) is 7.11 Å². The quantitative estimate of drug-likeness (QED) is 0.0907. The van der Waals surface area contributed by atoms with Crippen LogP contribution in [0.15, 0.2) is 84.9 Å². The SMILES string of the molecule is COC(=O)C(CC=O)(c1cc(OCc2ccc(F)cc2)ccc1I)c1cc(OCc2ccc(F)cc2)ccc1I. The highest BCUT2D eigenvalue weighted by molar-refractivity contribution is 14.1. The number of aldehydes is 1. The van der Waals surface area contributed by atoms with Crippen molar-refractivity contribution in [3.8, 4) is 11.5 Å². The smallest absolute Gasteiger partial charge is 0.321 e. The van der Waals surface area contributed by atoms with E-state index in [-0.39, 0.29) is 31.3 Å². The minimum absolute atomic E-state index is 0.184. The van der Waals surface area contributed by atoms with Crippen molar-refractivity contribution in [2.24, 2.45) is 0 Å². The molecule has 0 fully saturated rings. The summed E-state index contributed by atoms with van der Waals surface area (Å²) in [6.45, 7) is 0.368. The van der Waals surface area contributed by atoms with E-state index >= 15 is 0 Å². The van der Waals surface area contributed by atoms with Gasteiger partial charge in [0.1, 0.15) is 48.0 Å². The maximum Gasteiger partial charge on any atom is 0.321 e. The Labute approximate surface area is 258 Å². The van der Waals surface area contributed by atoms with Gasteiger partial charge >= 0.3 is 5.97 Å². The second-order valence-corrected chi connectivity index (χ2v) is 11.2. The zero-order valence-electron chi connectivity index (χ0n) is 21.3. The molecule has 9 heteroatoms. The van der Waals surface area contributed by atoms with Crippen LogP contribution in [0.1, 0.15) is 28.7 Å². The minimum atomic E-state index is -1.49. The molecule has 0 saturated heterocycles. The summed E-state index contributed by atoms with van der Waals surface area (Å²) >= 11 is 4.25. The Kier molecular flexibility index (Phi) is 10.1. The van der Waals surface area contributed by atoms with Gasteiger partial charge in [0, 0.05) is 13.6 Å². The number of rotatable bonds is 11. The van der Waals surface area contributed by atoms with E-state index in [9.17, 15) is 18.4 Å². The number of carbonyl (C=O) groups is 2. The van der Waals surface area contributed by atoms with Gasteiger partial charge in [-0.2, -0.15) is 0 Å². The number of methoxy groups -OCH3 is 1. The number of carbonyl (C=O) groups excluding carboxylic acids is 2. The van der Waals surface area contributed by atoms with Crippen molar-refractivity contribution in [3.05, 3.63) is 126 Å². The van der Waals surface area contributed by atoms with E-state index in [4.69, 9.17) is 14.2 Å². The maximum atomic E-state index is 13.6. The highest BCUT2D eigenvalue weighted by Gasteiger charge is 2.46. The molecule has 5 nitrogen and oxygen atoms in total. The summed E-state index contributed by atoms with van der Waals surface area (Å²) in [7, 11) is 1.28. The highest BCUT2D eigenvalue weighted by atomic mass is 127. The number of hydrogen-bond acceptors (Lipinski definition) is 5. The van der Waals surface area contributed by atoms with Crippen LogP contribution < -0.4 is 9.47 Å². The zero-order valence-corrected chi connectivity index (χ0v) is 25.6. The molecular weight excluding hydrogens is 744 g/mol. The number of benzene rings is 4. The van der Waals surface area contributed by atoms with Crippen molar-refractivity contribution in [1.29, 1.82) is 0 Å². The molecule has 0 bridgehead atoms. The molecule has 0 amide bonds. The normalized spacial score (nSPS) is 11.1. The summed E-state index contributed by atoms with van der Waals surface area (Å²) in [6.07, 6.45) is 0.510. The summed E-state index contributed by atoms with van der Waals surface area (Å²) in [4.78, 5) is 25.8. The maximum absolute atomic E-state index is 13.6. The van der Waals surface area contributed by atoms with E-state index in [0.29, 0.717) is 28.9 Å². The first-order valence-corrected chi connectivity index (χ1v) is 14.3. The predicted octanol–water partition coefficient (Wildman–Crippen LogP) is 7.38. The fraction of sp³-hybridized carbons (Fsp3) is 0.161. The van der Waals surface area contributed by atoms with Gasteiger partial charge in [0.05, 0.1) is 7.11 Å². The monoisotopic (exact) mass is 768 g/mol. The molecule has 4 aromatic rings. The first-order chi connectivity index (χ1) is 19.3. The molecule has 0 atom stereocenters. The van der Waals surface area contributed by atoms with Crippen LogP contribution in [0, 0.1) is 18.8 Å². The lowest BCUT2D eigenvalue weighted by Gasteiger charge is -2.33. The third-order valence-corrected chi connectivity index (χ3v) is 8.24. The lowest BCUT2D eigenvalue weighted by molar-refractivity contribution is -0.147. The summed E-state index contributed by atoms with van der Waals surface area (Å²) < 4.78 is 45.3. The molecule has 0 radical (unpaired) electrons. The molecular formula is C31H24F2I2O5. The second-order valence-electron chi connectivity index (χ2n) is 8.88. The van der Waals surface area contributed by atoms with Gasteiger partial charge in [-0.3, -0.25) is 4.79 Å². The summed E-state index contributed by atoms with van der Waals surface area (Å²) in [5, 5.41) is 0. The Morgan fingerprint density at radius 3 is 1.55 bits per heavy atom. The van der Waals surface area contributed by atoms with Crippen LogP contribution in [-0.2, 0) is 33.0 Å². The van der Waals surface area contributed by atoms with E-state index in [1.165, 1.54) is 31.4 Å². The number of ether oxygens (including phenoxy) is 3. The molecule has 0 saturated carbocycles. The molecule has 4 aromatic carbocycles. The van der Waals surface area contributed by atoms with Crippen LogP contribution in [0.3, 0.4) is 0 Å². The fourth-order valence-corrected chi connectivity index (χ4v) is 5.90. The van der Waals surface area contributed by atoms with E-state index in [0.717, 1.165) is 18.3 Å². The average molecular weight is 768 g/mol. The van der Waals surface area contributed by atoms with Gasteiger partial charge in [-0.15, -0.1) is 0 Å². The molecule has 4 rings (SSSR count). The lowest BCUT2D eigenvalue weighted by Crippen LogP contribution is -2.40. The van der Waals surface area contributed by atoms with Gasteiger partial charge in [-0.05, 0) is 128 Å². The van der Waals surface area contributed by atoms with E-state index in [1.54, 1.807) is 60.7 Å². The van der Waals surface area contributed by atoms with Crippen molar-refractivity contribution < 1.29 is 32.6 Å². The number of hydrogen-bond donors (Lipinski definition) is 0. The van der Waals surface area contributed by atoms with Crippen LogP contribution >= 0.6 is 45.2 Å². The third kappa shape index (κ3) is 6.80. The molecule has 0 aliphatic heterocycles. The first-order valence-electron chi connectivity index (χ1n) is 12.1. The molecule has 0 aliphatic carbocycles. The van der Waals surface area contributed by atoms with Gasteiger partial charge < -0.3 is 19.0 Å². The number of halogens is 4. The molecule has 40 heavy (non-hydrogen) atoms. The summed E-state index contributed by atoms with van der Waals surface area (Å²) in [6, 6.07) is 22.6. The van der Waals surface area contributed by atoms with Crippen LogP contribution in [0.2, 0.25) is 0 Å². The lowest BCUT2D eigenvalue weighted by atomic mass is 9.72. The van der Waals surface area contributed by atoms with Crippen molar-refractivity contribution in [3.63, 3.8) is 0 Å². The van der Waals surface area contributed by atoms with Crippen molar-refractivity contribution in [1.82, 2.24) is 0 Å². The Morgan fingerprint density at radius 2 is 1.18 bits per heavy atom.